The summed E-state index contributed by atoms with van der Waals surface area (Å²) in [7, 11) is 1.86. The zero-order valence-electron chi connectivity index (χ0n) is 11.7. The van der Waals surface area contributed by atoms with Crippen molar-refractivity contribution >= 4 is 0 Å². The number of nitrogens with zero attached hydrogens (tertiary/aromatic N) is 3. The van der Waals surface area contributed by atoms with Crippen molar-refractivity contribution < 1.29 is 0 Å². The lowest BCUT2D eigenvalue weighted by Crippen LogP contribution is -2.55. The van der Waals surface area contributed by atoms with E-state index in [1.807, 2.05) is 14.0 Å². The maximum Gasteiger partial charge on any atom is 0.116 e. The maximum absolute atomic E-state index is 9.14. The van der Waals surface area contributed by atoms with Gasteiger partial charge in [-0.2, -0.15) is 5.26 Å². The van der Waals surface area contributed by atoms with Crippen molar-refractivity contribution in [3.63, 3.8) is 0 Å². The molecule has 17 heavy (non-hydrogen) atoms. The predicted molar refractivity (Wildman–Crippen MR) is 70.8 cm³/mol. The topological polar surface area (TPSA) is 42.3 Å². The van der Waals surface area contributed by atoms with Crippen molar-refractivity contribution in [2.75, 3.05) is 39.8 Å². The van der Waals surface area contributed by atoms with Crippen LogP contribution in [0.15, 0.2) is 0 Å². The van der Waals surface area contributed by atoms with Crippen molar-refractivity contribution in [1.82, 2.24) is 15.1 Å². The molecule has 98 valence electrons. The molecule has 0 aromatic heterocycles. The summed E-state index contributed by atoms with van der Waals surface area (Å²) in [4.78, 5) is 4.93. The van der Waals surface area contributed by atoms with E-state index in [1.54, 1.807) is 0 Å². The lowest BCUT2D eigenvalue weighted by atomic mass is 10.0. The Kier molecular flexibility index (Phi) is 5.38. The number of hydrogen-bond donors (Lipinski definition) is 1. The quantitative estimate of drug-likeness (QED) is 0.773. The van der Waals surface area contributed by atoms with E-state index >= 15 is 0 Å². The van der Waals surface area contributed by atoms with Crippen LogP contribution in [0.1, 0.15) is 27.2 Å². The van der Waals surface area contributed by atoms with E-state index in [2.05, 4.69) is 35.0 Å². The molecule has 4 heteroatoms. The highest BCUT2D eigenvalue weighted by Gasteiger charge is 2.27. The Morgan fingerprint density at radius 2 is 1.94 bits per heavy atom. The first kappa shape index (κ1) is 14.4. The van der Waals surface area contributed by atoms with Gasteiger partial charge in [-0.3, -0.25) is 9.80 Å². The second kappa shape index (κ2) is 6.34. The Morgan fingerprint density at radius 1 is 1.35 bits per heavy atom. The molecule has 1 saturated heterocycles. The SMILES string of the molecule is CCC(C)N1CCN(CC(C)(C#N)NC)CC1. The minimum Gasteiger partial charge on any atom is -0.302 e. The Bertz CT molecular complexity index is 265. The van der Waals surface area contributed by atoms with Gasteiger partial charge in [0.25, 0.3) is 0 Å². The number of piperazine rings is 1. The van der Waals surface area contributed by atoms with E-state index in [0.29, 0.717) is 6.04 Å². The van der Waals surface area contributed by atoms with Gasteiger partial charge in [-0.25, -0.2) is 0 Å². The molecule has 1 aliphatic heterocycles. The number of nitriles is 1. The summed E-state index contributed by atoms with van der Waals surface area (Å²) in [6.07, 6.45) is 1.21. The van der Waals surface area contributed by atoms with E-state index in [-0.39, 0.29) is 0 Å². The van der Waals surface area contributed by atoms with Crippen LogP contribution in [0.2, 0.25) is 0 Å². The fraction of sp³-hybridized carbons (Fsp3) is 0.923. The second-order valence-electron chi connectivity index (χ2n) is 5.26. The molecule has 0 aromatic rings. The van der Waals surface area contributed by atoms with E-state index in [4.69, 9.17) is 5.26 Å². The molecule has 1 N–H and O–H groups in total. The van der Waals surface area contributed by atoms with Gasteiger partial charge in [-0.1, -0.05) is 6.92 Å². The van der Waals surface area contributed by atoms with Gasteiger partial charge in [0.05, 0.1) is 6.07 Å². The molecule has 0 aromatic carbocycles. The van der Waals surface area contributed by atoms with Crippen molar-refractivity contribution in [2.45, 2.75) is 38.8 Å². The maximum atomic E-state index is 9.14. The summed E-state index contributed by atoms with van der Waals surface area (Å²) in [6, 6.07) is 3.04. The summed E-state index contributed by atoms with van der Waals surface area (Å²) >= 11 is 0. The van der Waals surface area contributed by atoms with Gasteiger partial charge in [0.2, 0.25) is 0 Å². The largest absolute Gasteiger partial charge is 0.302 e. The minimum absolute atomic E-state index is 0.418. The minimum atomic E-state index is -0.418. The lowest BCUT2D eigenvalue weighted by molar-refractivity contribution is 0.0895. The van der Waals surface area contributed by atoms with Crippen LogP contribution in [0.4, 0.5) is 0 Å². The third-order valence-corrected chi connectivity index (χ3v) is 3.96. The van der Waals surface area contributed by atoms with Crippen LogP contribution >= 0.6 is 0 Å². The van der Waals surface area contributed by atoms with Crippen LogP contribution in [0.25, 0.3) is 0 Å². The van der Waals surface area contributed by atoms with Crippen LogP contribution < -0.4 is 5.32 Å². The number of nitrogens with one attached hydrogen (secondary N) is 1. The summed E-state index contributed by atoms with van der Waals surface area (Å²) in [5.41, 5.74) is -0.418. The molecule has 1 fully saturated rings. The molecular weight excluding hydrogens is 212 g/mol. The van der Waals surface area contributed by atoms with E-state index in [9.17, 15) is 0 Å². The molecule has 1 heterocycles. The zero-order valence-corrected chi connectivity index (χ0v) is 11.7. The molecule has 0 spiro atoms. The van der Waals surface area contributed by atoms with Crippen LogP contribution in [0, 0.1) is 11.3 Å². The fourth-order valence-electron chi connectivity index (χ4n) is 2.24. The zero-order chi connectivity index (χ0) is 12.9. The molecule has 2 unspecified atom stereocenters. The number of likely N-dealkylation sites (N-methyl/N-ethyl adjacent to an activating group) is 1. The first-order valence-corrected chi connectivity index (χ1v) is 6.61. The predicted octanol–water partition coefficient (Wildman–Crippen LogP) is 0.904. The highest BCUT2D eigenvalue weighted by Crippen LogP contribution is 2.11. The van der Waals surface area contributed by atoms with Crippen LogP contribution in [-0.4, -0.2) is 61.2 Å². The third kappa shape index (κ3) is 3.95. The molecule has 0 bridgehead atoms. The van der Waals surface area contributed by atoms with Crippen LogP contribution in [0.3, 0.4) is 0 Å². The molecule has 2 atom stereocenters. The Morgan fingerprint density at radius 3 is 2.35 bits per heavy atom. The average Bonchev–Trinajstić information content (AvgIpc) is 2.38. The van der Waals surface area contributed by atoms with E-state index in [1.165, 1.54) is 6.42 Å². The van der Waals surface area contributed by atoms with Gasteiger partial charge in [-0.15, -0.1) is 0 Å². The summed E-state index contributed by atoms with van der Waals surface area (Å²) in [6.45, 7) is 11.7. The van der Waals surface area contributed by atoms with Crippen molar-refractivity contribution in [1.29, 1.82) is 5.26 Å². The van der Waals surface area contributed by atoms with Crippen LogP contribution in [-0.2, 0) is 0 Å². The Labute approximate surface area is 106 Å². The first-order valence-electron chi connectivity index (χ1n) is 6.61. The normalized spacial score (nSPS) is 23.9. The summed E-state index contributed by atoms with van der Waals surface area (Å²) in [5.74, 6) is 0. The van der Waals surface area contributed by atoms with Crippen LogP contribution in [0.5, 0.6) is 0 Å². The molecule has 0 aliphatic carbocycles. The van der Waals surface area contributed by atoms with Gasteiger partial charge in [0, 0.05) is 38.8 Å². The molecular formula is C13H26N4. The molecule has 0 amide bonds. The monoisotopic (exact) mass is 238 g/mol. The van der Waals surface area contributed by atoms with Gasteiger partial charge in [0.15, 0.2) is 0 Å². The molecule has 1 rings (SSSR count). The van der Waals surface area contributed by atoms with Gasteiger partial charge >= 0.3 is 0 Å². The number of rotatable bonds is 5. The van der Waals surface area contributed by atoms with Crippen molar-refractivity contribution in [3.8, 4) is 6.07 Å². The summed E-state index contributed by atoms with van der Waals surface area (Å²) < 4.78 is 0. The Balaban J connectivity index is 2.40. The Hall–Kier alpha value is -0.630. The first-order chi connectivity index (χ1) is 8.04. The van der Waals surface area contributed by atoms with Crippen molar-refractivity contribution in [3.05, 3.63) is 0 Å². The lowest BCUT2D eigenvalue weighted by Gasteiger charge is -2.40. The molecule has 4 nitrogen and oxygen atoms in total. The van der Waals surface area contributed by atoms with Crippen molar-refractivity contribution in [2.24, 2.45) is 0 Å². The summed E-state index contributed by atoms with van der Waals surface area (Å²) in [5, 5.41) is 12.2. The fourth-order valence-corrected chi connectivity index (χ4v) is 2.24. The smallest absolute Gasteiger partial charge is 0.116 e. The highest BCUT2D eigenvalue weighted by atomic mass is 15.3. The van der Waals surface area contributed by atoms with Gasteiger partial charge in [-0.05, 0) is 27.3 Å². The van der Waals surface area contributed by atoms with E-state index in [0.717, 1.165) is 32.7 Å². The van der Waals surface area contributed by atoms with E-state index < -0.39 is 5.54 Å². The second-order valence-corrected chi connectivity index (χ2v) is 5.26. The number of hydrogen-bond acceptors (Lipinski definition) is 4. The van der Waals surface area contributed by atoms with Gasteiger partial charge < -0.3 is 5.32 Å². The standard InChI is InChI=1S/C13H26N4/c1-5-12(2)17-8-6-16(7-9-17)11-13(3,10-14)15-4/h12,15H,5-9,11H2,1-4H3. The van der Waals surface area contributed by atoms with Gasteiger partial charge in [0.1, 0.15) is 5.54 Å². The molecule has 1 aliphatic rings. The molecule has 0 radical (unpaired) electrons. The third-order valence-electron chi connectivity index (χ3n) is 3.96. The molecule has 0 saturated carbocycles. The average molecular weight is 238 g/mol. The highest BCUT2D eigenvalue weighted by molar-refractivity contribution is 5.05.